The van der Waals surface area contributed by atoms with Crippen molar-refractivity contribution < 1.29 is 54.5 Å². The molecule has 19 heteroatoms. The Balaban J connectivity index is 0.000000161. The molecule has 0 bridgehead atoms. The molecule has 0 aliphatic heterocycles. The van der Waals surface area contributed by atoms with Crippen LogP contribution in [-0.2, 0) is 39.6 Å². The average molecular weight is 1350 g/mol. The minimum Gasteiger partial charge on any atom is -0.508 e. The van der Waals surface area contributed by atoms with Gasteiger partial charge in [-0.25, -0.2) is 15.0 Å². The second kappa shape index (κ2) is 27.9. The number of benzene rings is 9. The van der Waals surface area contributed by atoms with Crippen molar-refractivity contribution in [3.8, 4) is 44.9 Å². The highest BCUT2D eigenvalue weighted by atomic mass is 19.4. The second-order valence-corrected chi connectivity index (χ2v) is 27.0. The Morgan fingerprint density at radius 3 is 1.08 bits per heavy atom. The Kier molecular flexibility index (Phi) is 19.9. The number of halogens is 9. The monoisotopic (exact) mass is 1350 g/mol. The van der Waals surface area contributed by atoms with Crippen molar-refractivity contribution >= 4 is 81.2 Å². The number of amides is 1. The third-order valence-electron chi connectivity index (χ3n) is 16.3. The van der Waals surface area contributed by atoms with Gasteiger partial charge in [-0.05, 0) is 151 Å². The molecule has 508 valence electrons. The van der Waals surface area contributed by atoms with E-state index in [9.17, 15) is 54.5 Å². The third-order valence-corrected chi connectivity index (χ3v) is 16.3. The Morgan fingerprint density at radius 2 is 0.727 bits per heavy atom. The van der Waals surface area contributed by atoms with Crippen LogP contribution >= 0.6 is 0 Å². The zero-order chi connectivity index (χ0) is 71.6. The highest BCUT2D eigenvalue weighted by Crippen LogP contribution is 2.45. The Morgan fingerprint density at radius 1 is 0.384 bits per heavy atom. The maximum absolute atomic E-state index is 14.0. The van der Waals surface area contributed by atoms with E-state index in [-0.39, 0.29) is 78.1 Å². The molecule has 12 aromatic rings. The molecule has 10 nitrogen and oxygen atoms in total. The van der Waals surface area contributed by atoms with Crippen LogP contribution in [0, 0.1) is 0 Å². The first kappa shape index (κ1) is 70.8. The van der Waals surface area contributed by atoms with Crippen LogP contribution in [0.3, 0.4) is 0 Å². The number of fused-ring (bicyclic) bond motifs is 3. The van der Waals surface area contributed by atoms with Crippen molar-refractivity contribution in [2.75, 3.05) is 5.32 Å². The molecule has 0 saturated carbocycles. The van der Waals surface area contributed by atoms with Gasteiger partial charge in [-0.3, -0.25) is 4.79 Å². The van der Waals surface area contributed by atoms with Crippen LogP contribution in [0.1, 0.15) is 137 Å². The lowest BCUT2D eigenvalue weighted by atomic mass is 9.87. The number of carbonyl (C=O) groups excluding carboxylic acids is 1. The number of hydrogen-bond acceptors (Lipinski definition) is 6. The van der Waals surface area contributed by atoms with Crippen molar-refractivity contribution in [3.63, 3.8) is 0 Å². The van der Waals surface area contributed by atoms with Crippen LogP contribution in [0.2, 0.25) is 0 Å². The van der Waals surface area contributed by atoms with E-state index in [0.717, 1.165) is 34.9 Å². The maximum atomic E-state index is 14.0. The van der Waals surface area contributed by atoms with Crippen LogP contribution < -0.4 is 5.32 Å². The van der Waals surface area contributed by atoms with Crippen LogP contribution in [0.15, 0.2) is 182 Å². The Hall–Kier alpha value is -11.0. The Labute approximate surface area is 566 Å². The molecule has 9 aromatic carbocycles. The number of carbonyl (C=O) groups is 1. The summed E-state index contributed by atoms with van der Waals surface area (Å²) in [4.78, 5) is 33.8. The predicted molar refractivity (Wildman–Crippen MR) is 379 cm³/mol. The standard InChI is InChI=1S/C28H26F3N3O.2C26H23F3N2O/c1-17(35)32-23-8-6-5-7-20(23)21-15-24-25(16-22(21)28(29,30)31)34-26(33-24)14-11-18-9-12-19(13-10-18)27(2,3)4;1-25(2,3)18-10-7-16(8-11-18)9-12-24-30-22-14-20(17-5-4-6-19(32)13-17)21(26(27,28)29)15-23(22)31-24;1-25(2,3)17-11-8-16(9-12-17)10-13-24-30-21-14-19(18-6-4-5-7-23(18)32)20(26(27,28)29)15-22(21)31-24/h5-16H,1-4H3,(H,32,35)(H,33,34);2*4-15,32H,1-3H3,(H,30,31)/b14-11+;12-9+;13-10+. The molecular weight excluding hydrogens is 1280 g/mol. The summed E-state index contributed by atoms with van der Waals surface area (Å²) in [5.41, 5.74) is 7.12. The molecule has 0 aliphatic carbocycles. The van der Waals surface area contributed by atoms with Gasteiger partial charge in [0.05, 0.1) is 49.8 Å². The zero-order valence-corrected chi connectivity index (χ0v) is 55.8. The molecule has 0 aliphatic rings. The van der Waals surface area contributed by atoms with Crippen LogP contribution in [0.4, 0.5) is 45.2 Å². The molecule has 3 heterocycles. The van der Waals surface area contributed by atoms with Crippen molar-refractivity contribution in [2.45, 2.75) is 104 Å². The second-order valence-electron chi connectivity index (χ2n) is 27.0. The number of phenolic OH excluding ortho intramolecular Hbond substituents is 2. The first-order valence-electron chi connectivity index (χ1n) is 31.6. The average Bonchev–Trinajstić information content (AvgIpc) is 1.73. The largest absolute Gasteiger partial charge is 0.508 e. The van der Waals surface area contributed by atoms with Gasteiger partial charge in [0.1, 0.15) is 29.0 Å². The van der Waals surface area contributed by atoms with E-state index in [1.165, 1.54) is 78.2 Å². The number of aromatic hydroxyl groups is 2. The van der Waals surface area contributed by atoms with Crippen LogP contribution in [-0.4, -0.2) is 46.0 Å². The number of anilines is 1. The molecule has 0 unspecified atom stereocenters. The van der Waals surface area contributed by atoms with E-state index in [4.69, 9.17) is 0 Å². The minimum atomic E-state index is -4.59. The lowest BCUT2D eigenvalue weighted by molar-refractivity contribution is -0.137. The predicted octanol–water partition coefficient (Wildman–Crippen LogP) is 22.5. The summed E-state index contributed by atoms with van der Waals surface area (Å²) >= 11 is 0. The van der Waals surface area contributed by atoms with Gasteiger partial charge in [0.2, 0.25) is 5.91 Å². The van der Waals surface area contributed by atoms with Gasteiger partial charge in [-0.2, -0.15) is 39.5 Å². The number of hydrogen-bond donors (Lipinski definition) is 6. The van der Waals surface area contributed by atoms with Gasteiger partial charge >= 0.3 is 18.5 Å². The summed E-state index contributed by atoms with van der Waals surface area (Å²) in [7, 11) is 0. The maximum Gasteiger partial charge on any atom is 0.417 e. The zero-order valence-electron chi connectivity index (χ0n) is 55.8. The molecule has 0 spiro atoms. The lowest BCUT2D eigenvalue weighted by Gasteiger charge is -2.18. The van der Waals surface area contributed by atoms with E-state index in [1.54, 1.807) is 54.6 Å². The van der Waals surface area contributed by atoms with Crippen molar-refractivity contribution in [1.82, 2.24) is 29.9 Å². The topological polar surface area (TPSA) is 156 Å². The third kappa shape index (κ3) is 17.4. The van der Waals surface area contributed by atoms with Crippen molar-refractivity contribution in [3.05, 3.63) is 250 Å². The number of para-hydroxylation sites is 2. The first-order valence-corrected chi connectivity index (χ1v) is 31.6. The van der Waals surface area contributed by atoms with E-state index < -0.39 is 35.2 Å². The molecule has 0 atom stereocenters. The molecule has 99 heavy (non-hydrogen) atoms. The molecule has 12 rings (SSSR count). The van der Waals surface area contributed by atoms with Gasteiger partial charge in [-0.1, -0.05) is 202 Å². The number of nitrogens with one attached hydrogen (secondary N) is 4. The summed E-state index contributed by atoms with van der Waals surface area (Å²) in [6.45, 7) is 20.6. The first-order chi connectivity index (χ1) is 46.4. The summed E-state index contributed by atoms with van der Waals surface area (Å²) < 4.78 is 125. The van der Waals surface area contributed by atoms with Crippen molar-refractivity contribution in [2.24, 2.45) is 0 Å². The molecule has 3 aromatic heterocycles. The number of phenols is 2. The smallest absolute Gasteiger partial charge is 0.417 e. The summed E-state index contributed by atoms with van der Waals surface area (Å²) in [6, 6.07) is 49.9. The lowest BCUT2D eigenvalue weighted by Crippen LogP contribution is -2.10. The number of rotatable bonds is 10. The number of nitrogens with zero attached hydrogens (tertiary/aromatic N) is 3. The molecule has 0 saturated heterocycles. The fourth-order valence-corrected chi connectivity index (χ4v) is 11.1. The van der Waals surface area contributed by atoms with E-state index in [2.05, 4.69) is 134 Å². The Bertz CT molecular complexity index is 4990. The quantitative estimate of drug-likeness (QED) is 0.0749. The molecule has 1 amide bonds. The summed E-state index contributed by atoms with van der Waals surface area (Å²) in [5.74, 6) is 0.671. The fraction of sp³-hybridized carbons (Fsp3) is 0.200. The SMILES string of the molecule is CC(=O)Nc1ccccc1-c1cc2nc(/C=C/c3ccc(C(C)(C)C)cc3)[nH]c2cc1C(F)(F)F.CC(C)(C)c1ccc(/C=C/c2nc3cc(-c4cccc(O)c4)c(C(F)(F)F)cc3[nH]2)cc1.CC(C)(C)c1ccc(/C=C/c2nc3cc(-c4ccccc4O)c(C(F)(F)F)cc3[nH]2)cc1. The number of aromatic nitrogens is 6. The van der Waals surface area contributed by atoms with Crippen LogP contribution in [0.25, 0.3) is 103 Å². The highest BCUT2D eigenvalue weighted by molar-refractivity contribution is 5.97. The molecule has 0 fully saturated rings. The molecule has 6 N–H and O–H groups in total. The van der Waals surface area contributed by atoms with E-state index in [0.29, 0.717) is 45.2 Å². The number of imidazole rings is 3. The van der Waals surface area contributed by atoms with Gasteiger partial charge in [0.15, 0.2) is 0 Å². The summed E-state index contributed by atoms with van der Waals surface area (Å²) in [6.07, 6.45) is -2.92. The summed E-state index contributed by atoms with van der Waals surface area (Å²) in [5, 5.41) is 22.4. The van der Waals surface area contributed by atoms with Gasteiger partial charge in [0.25, 0.3) is 0 Å². The van der Waals surface area contributed by atoms with E-state index in [1.807, 2.05) is 54.6 Å². The van der Waals surface area contributed by atoms with Gasteiger partial charge in [0, 0.05) is 23.7 Å². The fourth-order valence-electron chi connectivity index (χ4n) is 11.1. The minimum absolute atomic E-state index is 0.0271. The van der Waals surface area contributed by atoms with Crippen molar-refractivity contribution in [1.29, 1.82) is 0 Å². The highest BCUT2D eigenvalue weighted by Gasteiger charge is 2.37. The number of alkyl halides is 9. The number of H-pyrrole nitrogens is 3. The number of aromatic amines is 3. The van der Waals surface area contributed by atoms with Gasteiger partial charge in [-0.15, -0.1) is 0 Å². The van der Waals surface area contributed by atoms with Crippen LogP contribution in [0.5, 0.6) is 11.5 Å². The molecular formula is C80H72F9N7O3. The molecule has 0 radical (unpaired) electrons. The normalized spacial score (nSPS) is 12.6. The van der Waals surface area contributed by atoms with E-state index >= 15 is 0 Å². The van der Waals surface area contributed by atoms with Gasteiger partial charge < -0.3 is 30.5 Å².